The summed E-state index contributed by atoms with van der Waals surface area (Å²) in [5.74, 6) is 0.900. The van der Waals surface area contributed by atoms with E-state index in [-0.39, 0.29) is 0 Å². The summed E-state index contributed by atoms with van der Waals surface area (Å²) in [6.45, 7) is 15.1. The van der Waals surface area contributed by atoms with Crippen molar-refractivity contribution in [1.82, 2.24) is 0 Å². The third-order valence-electron chi connectivity index (χ3n) is 5.70. The standard InChI is InChI=1S/C24H46/c1-6-9-12-15-16-18-21-23(20-17-13-10-7-2)24(4,5)22-19-14-11-8-3/h7-8,23H,2-3,6,9-22H2,1,4-5H3. The molecule has 0 aliphatic heterocycles. The summed E-state index contributed by atoms with van der Waals surface area (Å²) < 4.78 is 0. The van der Waals surface area contributed by atoms with Crippen molar-refractivity contribution in [3.05, 3.63) is 25.3 Å². The van der Waals surface area contributed by atoms with Gasteiger partial charge in [-0.3, -0.25) is 0 Å². The molecule has 0 N–H and O–H groups in total. The molecule has 0 amide bonds. The second-order valence-corrected chi connectivity index (χ2v) is 8.35. The molecule has 0 aliphatic rings. The van der Waals surface area contributed by atoms with Crippen LogP contribution in [-0.4, -0.2) is 0 Å². The van der Waals surface area contributed by atoms with E-state index in [0.717, 1.165) is 5.92 Å². The van der Waals surface area contributed by atoms with Crippen LogP contribution in [0.15, 0.2) is 25.3 Å². The van der Waals surface area contributed by atoms with E-state index < -0.39 is 0 Å². The minimum Gasteiger partial charge on any atom is -0.103 e. The van der Waals surface area contributed by atoms with Crippen molar-refractivity contribution in [2.24, 2.45) is 11.3 Å². The van der Waals surface area contributed by atoms with Gasteiger partial charge in [0.15, 0.2) is 0 Å². The van der Waals surface area contributed by atoms with E-state index >= 15 is 0 Å². The summed E-state index contributed by atoms with van der Waals surface area (Å²) >= 11 is 0. The molecule has 0 spiro atoms. The van der Waals surface area contributed by atoms with Crippen LogP contribution >= 0.6 is 0 Å². The quantitative estimate of drug-likeness (QED) is 0.173. The van der Waals surface area contributed by atoms with Crippen molar-refractivity contribution in [1.29, 1.82) is 0 Å². The van der Waals surface area contributed by atoms with Gasteiger partial charge in [-0.15, -0.1) is 13.2 Å². The summed E-state index contributed by atoms with van der Waals surface area (Å²) in [7, 11) is 0. The molecule has 0 radical (unpaired) electrons. The molecule has 0 aromatic heterocycles. The Morgan fingerprint density at radius 2 is 1.21 bits per heavy atom. The van der Waals surface area contributed by atoms with Crippen LogP contribution in [0, 0.1) is 11.3 Å². The van der Waals surface area contributed by atoms with E-state index in [2.05, 4.69) is 46.1 Å². The number of hydrogen-bond acceptors (Lipinski definition) is 0. The number of allylic oxidation sites excluding steroid dienone is 2. The fraction of sp³-hybridized carbons (Fsp3) is 0.833. The lowest BCUT2D eigenvalue weighted by molar-refractivity contribution is 0.159. The zero-order valence-corrected chi connectivity index (χ0v) is 17.3. The molecule has 0 heterocycles. The van der Waals surface area contributed by atoms with Crippen molar-refractivity contribution in [3.8, 4) is 0 Å². The van der Waals surface area contributed by atoms with Gasteiger partial charge in [0.05, 0.1) is 0 Å². The van der Waals surface area contributed by atoms with Gasteiger partial charge in [-0.1, -0.05) is 84.3 Å². The highest BCUT2D eigenvalue weighted by Crippen LogP contribution is 2.39. The van der Waals surface area contributed by atoms with Gasteiger partial charge in [0.25, 0.3) is 0 Å². The summed E-state index contributed by atoms with van der Waals surface area (Å²) in [6, 6.07) is 0. The second kappa shape index (κ2) is 16.0. The van der Waals surface area contributed by atoms with Crippen molar-refractivity contribution in [3.63, 3.8) is 0 Å². The first kappa shape index (κ1) is 23.5. The number of unbranched alkanes of at least 4 members (excludes halogenated alkanes) is 9. The summed E-state index contributed by atoms with van der Waals surface area (Å²) in [5.41, 5.74) is 0.499. The van der Waals surface area contributed by atoms with Gasteiger partial charge in [0, 0.05) is 0 Å². The average Bonchev–Trinajstić information content (AvgIpc) is 2.56. The zero-order chi connectivity index (χ0) is 18.1. The predicted molar refractivity (Wildman–Crippen MR) is 113 cm³/mol. The highest BCUT2D eigenvalue weighted by Gasteiger charge is 2.27. The van der Waals surface area contributed by atoms with Gasteiger partial charge < -0.3 is 0 Å². The van der Waals surface area contributed by atoms with Crippen LogP contribution in [0.3, 0.4) is 0 Å². The molecule has 0 saturated carbocycles. The Bertz CT molecular complexity index is 286. The zero-order valence-electron chi connectivity index (χ0n) is 17.3. The molecule has 0 aromatic carbocycles. The molecule has 0 saturated heterocycles. The Hall–Kier alpha value is -0.520. The highest BCUT2D eigenvalue weighted by molar-refractivity contribution is 4.80. The maximum absolute atomic E-state index is 3.86. The largest absolute Gasteiger partial charge is 0.103 e. The van der Waals surface area contributed by atoms with Crippen LogP contribution in [0.25, 0.3) is 0 Å². The second-order valence-electron chi connectivity index (χ2n) is 8.35. The van der Waals surface area contributed by atoms with Gasteiger partial charge >= 0.3 is 0 Å². The van der Waals surface area contributed by atoms with Crippen LogP contribution in [0.2, 0.25) is 0 Å². The molecule has 1 atom stereocenters. The Balaban J connectivity index is 4.26. The third kappa shape index (κ3) is 12.8. The van der Waals surface area contributed by atoms with Crippen LogP contribution in [-0.2, 0) is 0 Å². The average molecular weight is 335 g/mol. The third-order valence-corrected chi connectivity index (χ3v) is 5.70. The maximum Gasteiger partial charge on any atom is -0.0326 e. The molecule has 0 heteroatoms. The Labute approximate surface area is 154 Å². The van der Waals surface area contributed by atoms with E-state index in [1.165, 1.54) is 96.3 Å². The van der Waals surface area contributed by atoms with Gasteiger partial charge in [-0.2, -0.15) is 0 Å². The van der Waals surface area contributed by atoms with Crippen molar-refractivity contribution in [2.45, 2.75) is 117 Å². The van der Waals surface area contributed by atoms with Crippen molar-refractivity contribution >= 4 is 0 Å². The topological polar surface area (TPSA) is 0 Å². The summed E-state index contributed by atoms with van der Waals surface area (Å²) in [6.07, 6.45) is 24.6. The molecule has 0 fully saturated rings. The van der Waals surface area contributed by atoms with Crippen LogP contribution in [0.4, 0.5) is 0 Å². The molecular formula is C24H46. The molecule has 24 heavy (non-hydrogen) atoms. The first-order valence-corrected chi connectivity index (χ1v) is 10.8. The minimum atomic E-state index is 0.499. The Morgan fingerprint density at radius 1 is 0.708 bits per heavy atom. The van der Waals surface area contributed by atoms with Crippen molar-refractivity contribution < 1.29 is 0 Å². The van der Waals surface area contributed by atoms with E-state index in [1.807, 2.05) is 0 Å². The van der Waals surface area contributed by atoms with Gasteiger partial charge in [-0.25, -0.2) is 0 Å². The fourth-order valence-electron chi connectivity index (χ4n) is 3.85. The SMILES string of the molecule is C=CCCCCC(CCCCCCCC)C(C)(C)CCCCC=C. The first-order valence-electron chi connectivity index (χ1n) is 10.8. The van der Waals surface area contributed by atoms with E-state index in [0.29, 0.717) is 5.41 Å². The van der Waals surface area contributed by atoms with Crippen molar-refractivity contribution in [2.75, 3.05) is 0 Å². The van der Waals surface area contributed by atoms with E-state index in [4.69, 9.17) is 0 Å². The maximum atomic E-state index is 3.86. The van der Waals surface area contributed by atoms with Crippen LogP contribution < -0.4 is 0 Å². The summed E-state index contributed by atoms with van der Waals surface area (Å²) in [5, 5.41) is 0. The smallest absolute Gasteiger partial charge is 0.0326 e. The monoisotopic (exact) mass is 334 g/mol. The predicted octanol–water partition coefficient (Wildman–Crippen LogP) is 8.87. The van der Waals surface area contributed by atoms with Gasteiger partial charge in [-0.05, 0) is 56.3 Å². The highest BCUT2D eigenvalue weighted by atomic mass is 14.3. The molecule has 0 nitrogen and oxygen atoms in total. The molecule has 0 aliphatic carbocycles. The molecule has 1 unspecified atom stereocenters. The van der Waals surface area contributed by atoms with E-state index in [9.17, 15) is 0 Å². The fourth-order valence-corrected chi connectivity index (χ4v) is 3.85. The molecule has 0 rings (SSSR count). The van der Waals surface area contributed by atoms with E-state index in [1.54, 1.807) is 0 Å². The Morgan fingerprint density at radius 3 is 1.79 bits per heavy atom. The number of hydrogen-bond donors (Lipinski definition) is 0. The molecule has 142 valence electrons. The lowest BCUT2D eigenvalue weighted by Gasteiger charge is -2.35. The molecule has 0 bridgehead atoms. The molecular weight excluding hydrogens is 288 g/mol. The van der Waals surface area contributed by atoms with Gasteiger partial charge in [0.2, 0.25) is 0 Å². The Kier molecular flexibility index (Phi) is 15.6. The first-order chi connectivity index (χ1) is 11.6. The lowest BCUT2D eigenvalue weighted by atomic mass is 9.70. The van der Waals surface area contributed by atoms with Crippen LogP contribution in [0.5, 0.6) is 0 Å². The minimum absolute atomic E-state index is 0.499. The normalized spacial score (nSPS) is 13.0. The lowest BCUT2D eigenvalue weighted by Crippen LogP contribution is -2.24. The summed E-state index contributed by atoms with van der Waals surface area (Å²) in [4.78, 5) is 0. The van der Waals surface area contributed by atoms with Crippen LogP contribution in [0.1, 0.15) is 117 Å². The molecule has 0 aromatic rings. The van der Waals surface area contributed by atoms with Gasteiger partial charge in [0.1, 0.15) is 0 Å². The number of rotatable bonds is 18.